The summed E-state index contributed by atoms with van der Waals surface area (Å²) in [6.07, 6.45) is 0.845. The van der Waals surface area contributed by atoms with Crippen LogP contribution in [0.25, 0.3) is 0 Å². The summed E-state index contributed by atoms with van der Waals surface area (Å²) in [4.78, 5) is 2.39. The van der Waals surface area contributed by atoms with Crippen LogP contribution in [0.4, 0.5) is 0 Å². The third kappa shape index (κ3) is 6.99. The lowest BCUT2D eigenvalue weighted by molar-refractivity contribution is 0.259. The van der Waals surface area contributed by atoms with Crippen LogP contribution in [0.2, 0.25) is 0 Å². The van der Waals surface area contributed by atoms with Crippen LogP contribution in [0.1, 0.15) is 27.2 Å². The molecule has 0 heterocycles. The predicted molar refractivity (Wildman–Crippen MR) is 57.0 cm³/mol. The van der Waals surface area contributed by atoms with E-state index < -0.39 is 0 Å². The van der Waals surface area contributed by atoms with Gasteiger partial charge in [-0.2, -0.15) is 0 Å². The first-order valence-corrected chi connectivity index (χ1v) is 5.31. The fourth-order valence-electron chi connectivity index (χ4n) is 1.30. The minimum atomic E-state index is 0.277. The van der Waals surface area contributed by atoms with Crippen molar-refractivity contribution in [2.24, 2.45) is 0 Å². The quantitative estimate of drug-likeness (QED) is 0.588. The van der Waals surface area contributed by atoms with E-state index in [0.717, 1.165) is 32.6 Å². The summed E-state index contributed by atoms with van der Waals surface area (Å²) in [6.45, 7) is 11.1. The van der Waals surface area contributed by atoms with Crippen molar-refractivity contribution in [2.45, 2.75) is 33.2 Å². The van der Waals surface area contributed by atoms with Gasteiger partial charge in [0.25, 0.3) is 0 Å². The maximum absolute atomic E-state index is 8.69. The molecular formula is C10H24N2O. The van der Waals surface area contributed by atoms with Gasteiger partial charge in [0.2, 0.25) is 0 Å². The number of aliphatic hydroxyl groups is 1. The molecule has 0 rings (SSSR count). The van der Waals surface area contributed by atoms with Crippen LogP contribution < -0.4 is 5.32 Å². The predicted octanol–water partition coefficient (Wildman–Crippen LogP) is 0.689. The lowest BCUT2D eigenvalue weighted by atomic mass is 10.2. The van der Waals surface area contributed by atoms with E-state index in [9.17, 15) is 0 Å². The third-order valence-corrected chi connectivity index (χ3v) is 2.38. The SMILES string of the molecule is CCN(CC)CCNC(C)CCO. The smallest absolute Gasteiger partial charge is 0.0445 e. The lowest BCUT2D eigenvalue weighted by Crippen LogP contribution is -2.36. The fourth-order valence-corrected chi connectivity index (χ4v) is 1.30. The average molecular weight is 188 g/mol. The van der Waals surface area contributed by atoms with Gasteiger partial charge in [-0.3, -0.25) is 0 Å². The number of hydrogen-bond donors (Lipinski definition) is 2. The molecule has 0 fully saturated rings. The second kappa shape index (κ2) is 8.48. The highest BCUT2D eigenvalue weighted by Crippen LogP contribution is 1.89. The third-order valence-electron chi connectivity index (χ3n) is 2.38. The highest BCUT2D eigenvalue weighted by Gasteiger charge is 2.01. The summed E-state index contributed by atoms with van der Waals surface area (Å²) in [7, 11) is 0. The molecule has 0 bridgehead atoms. The Bertz CT molecular complexity index is 105. The Hall–Kier alpha value is -0.120. The van der Waals surface area contributed by atoms with Gasteiger partial charge in [0.05, 0.1) is 0 Å². The minimum Gasteiger partial charge on any atom is -0.396 e. The molecule has 3 nitrogen and oxygen atoms in total. The highest BCUT2D eigenvalue weighted by molar-refractivity contribution is 4.62. The fraction of sp³-hybridized carbons (Fsp3) is 1.00. The van der Waals surface area contributed by atoms with Gasteiger partial charge in [0, 0.05) is 25.7 Å². The van der Waals surface area contributed by atoms with E-state index in [0.29, 0.717) is 6.04 Å². The normalized spacial score (nSPS) is 13.6. The summed E-state index contributed by atoms with van der Waals surface area (Å²) in [5.41, 5.74) is 0. The summed E-state index contributed by atoms with van der Waals surface area (Å²) >= 11 is 0. The van der Waals surface area contributed by atoms with Crippen LogP contribution in [0, 0.1) is 0 Å². The summed E-state index contributed by atoms with van der Waals surface area (Å²) in [5, 5.41) is 12.1. The van der Waals surface area contributed by atoms with E-state index in [4.69, 9.17) is 5.11 Å². The average Bonchev–Trinajstić information content (AvgIpc) is 2.13. The van der Waals surface area contributed by atoms with Crippen LogP contribution in [-0.2, 0) is 0 Å². The number of hydrogen-bond acceptors (Lipinski definition) is 3. The molecule has 3 heteroatoms. The molecular weight excluding hydrogens is 164 g/mol. The Morgan fingerprint density at radius 1 is 1.31 bits per heavy atom. The number of nitrogens with one attached hydrogen (secondary N) is 1. The van der Waals surface area contributed by atoms with Crippen LogP contribution in [0.3, 0.4) is 0 Å². The minimum absolute atomic E-state index is 0.277. The van der Waals surface area contributed by atoms with Gasteiger partial charge in [-0.15, -0.1) is 0 Å². The van der Waals surface area contributed by atoms with Gasteiger partial charge in [0.15, 0.2) is 0 Å². The Kier molecular flexibility index (Phi) is 8.40. The topological polar surface area (TPSA) is 35.5 Å². The van der Waals surface area contributed by atoms with Crippen molar-refractivity contribution in [3.63, 3.8) is 0 Å². The molecule has 0 radical (unpaired) electrons. The van der Waals surface area contributed by atoms with Crippen molar-refractivity contribution in [2.75, 3.05) is 32.8 Å². The summed E-state index contributed by atoms with van der Waals surface area (Å²) in [6, 6.07) is 0.431. The molecule has 1 unspecified atom stereocenters. The zero-order valence-corrected chi connectivity index (χ0v) is 9.21. The number of aliphatic hydroxyl groups excluding tert-OH is 1. The van der Waals surface area contributed by atoms with Crippen LogP contribution >= 0.6 is 0 Å². The van der Waals surface area contributed by atoms with E-state index in [2.05, 4.69) is 31.0 Å². The standard InChI is InChI=1S/C10H24N2O/c1-4-12(5-2)8-7-11-10(3)6-9-13/h10-11,13H,4-9H2,1-3H3. The second-order valence-corrected chi connectivity index (χ2v) is 3.39. The monoisotopic (exact) mass is 188 g/mol. The first-order chi connectivity index (χ1) is 6.24. The van der Waals surface area contributed by atoms with Crippen molar-refractivity contribution < 1.29 is 5.11 Å². The van der Waals surface area contributed by atoms with Gasteiger partial charge in [-0.25, -0.2) is 0 Å². The molecule has 0 spiro atoms. The Morgan fingerprint density at radius 2 is 1.92 bits per heavy atom. The molecule has 0 aliphatic carbocycles. The molecule has 13 heavy (non-hydrogen) atoms. The van der Waals surface area contributed by atoms with Crippen molar-refractivity contribution in [1.29, 1.82) is 0 Å². The first-order valence-electron chi connectivity index (χ1n) is 5.31. The number of nitrogens with zero attached hydrogens (tertiary/aromatic N) is 1. The van der Waals surface area contributed by atoms with E-state index in [1.165, 1.54) is 0 Å². The lowest BCUT2D eigenvalue weighted by Gasteiger charge is -2.20. The number of likely N-dealkylation sites (N-methyl/N-ethyl adjacent to an activating group) is 1. The van der Waals surface area contributed by atoms with Crippen molar-refractivity contribution in [3.8, 4) is 0 Å². The zero-order valence-electron chi connectivity index (χ0n) is 9.21. The first kappa shape index (κ1) is 12.9. The highest BCUT2D eigenvalue weighted by atomic mass is 16.3. The molecule has 0 aromatic carbocycles. The van der Waals surface area contributed by atoms with Gasteiger partial charge < -0.3 is 15.3 Å². The Morgan fingerprint density at radius 3 is 2.38 bits per heavy atom. The van der Waals surface area contributed by atoms with Crippen molar-refractivity contribution in [3.05, 3.63) is 0 Å². The van der Waals surface area contributed by atoms with Crippen LogP contribution in [-0.4, -0.2) is 48.8 Å². The molecule has 1 atom stereocenters. The van der Waals surface area contributed by atoms with Crippen LogP contribution in [0.5, 0.6) is 0 Å². The van der Waals surface area contributed by atoms with E-state index in [1.807, 2.05) is 0 Å². The van der Waals surface area contributed by atoms with Crippen molar-refractivity contribution >= 4 is 0 Å². The Labute approximate surface area is 82.1 Å². The molecule has 0 aromatic heterocycles. The maximum Gasteiger partial charge on any atom is 0.0445 e. The molecule has 2 N–H and O–H groups in total. The molecule has 0 saturated carbocycles. The molecule has 0 aliphatic rings. The molecule has 0 aromatic rings. The molecule has 0 saturated heterocycles. The van der Waals surface area contributed by atoms with Crippen molar-refractivity contribution in [1.82, 2.24) is 10.2 Å². The van der Waals surface area contributed by atoms with E-state index >= 15 is 0 Å². The summed E-state index contributed by atoms with van der Waals surface area (Å²) < 4.78 is 0. The second-order valence-electron chi connectivity index (χ2n) is 3.39. The van der Waals surface area contributed by atoms with E-state index in [1.54, 1.807) is 0 Å². The van der Waals surface area contributed by atoms with E-state index in [-0.39, 0.29) is 6.61 Å². The zero-order chi connectivity index (χ0) is 10.1. The van der Waals surface area contributed by atoms with Crippen LogP contribution in [0.15, 0.2) is 0 Å². The molecule has 0 aliphatic heterocycles. The Balaban J connectivity index is 3.32. The van der Waals surface area contributed by atoms with Gasteiger partial charge in [-0.05, 0) is 26.4 Å². The van der Waals surface area contributed by atoms with Gasteiger partial charge >= 0.3 is 0 Å². The summed E-state index contributed by atoms with van der Waals surface area (Å²) in [5.74, 6) is 0. The molecule has 0 amide bonds. The maximum atomic E-state index is 8.69. The van der Waals surface area contributed by atoms with Gasteiger partial charge in [0.1, 0.15) is 0 Å². The number of rotatable bonds is 8. The largest absolute Gasteiger partial charge is 0.396 e. The van der Waals surface area contributed by atoms with Gasteiger partial charge in [-0.1, -0.05) is 13.8 Å². The molecule has 80 valence electrons.